The highest BCUT2D eigenvalue weighted by Crippen LogP contribution is 2.40. The summed E-state index contributed by atoms with van der Waals surface area (Å²) in [6, 6.07) is 9.39. The number of ether oxygens (including phenoxy) is 4. The maximum absolute atomic E-state index is 15.4. The van der Waals surface area contributed by atoms with Crippen LogP contribution >= 0.6 is 0 Å². The van der Waals surface area contributed by atoms with Crippen molar-refractivity contribution in [3.8, 4) is 17.2 Å². The smallest absolute Gasteiger partial charge is 0.306 e. The summed E-state index contributed by atoms with van der Waals surface area (Å²) in [5, 5.41) is 0. The molecule has 0 amide bonds. The lowest BCUT2D eigenvalue weighted by atomic mass is 9.91. The Hall–Kier alpha value is -3.59. The van der Waals surface area contributed by atoms with E-state index in [4.69, 9.17) is 18.9 Å². The molecule has 0 spiro atoms. The average Bonchev–Trinajstić information content (AvgIpc) is 3.34. The van der Waals surface area contributed by atoms with Gasteiger partial charge < -0.3 is 18.9 Å². The molecule has 238 valence electrons. The number of hydrogen-bond acceptors (Lipinski definition) is 7. The largest absolute Gasteiger partial charge is 0.493 e. The zero-order valence-electron chi connectivity index (χ0n) is 26.5. The third-order valence-electron chi connectivity index (χ3n) is 7.93. The van der Waals surface area contributed by atoms with Crippen LogP contribution in [0.15, 0.2) is 60.5 Å². The van der Waals surface area contributed by atoms with Gasteiger partial charge in [0.2, 0.25) is 0 Å². The maximum atomic E-state index is 15.4. The van der Waals surface area contributed by atoms with E-state index in [1.807, 2.05) is 58.0 Å². The molecule has 0 aromatic heterocycles. The van der Waals surface area contributed by atoms with E-state index in [1.54, 1.807) is 6.07 Å². The summed E-state index contributed by atoms with van der Waals surface area (Å²) in [6.07, 6.45) is 6.22. The molecule has 2 atom stereocenters. The molecule has 1 aliphatic carbocycles. The summed E-state index contributed by atoms with van der Waals surface area (Å²) in [6.45, 7) is 12.4. The number of allylic oxidation sites excluding steroid dienone is 3. The number of methoxy groups -OCH3 is 1. The van der Waals surface area contributed by atoms with Gasteiger partial charge in [-0.3, -0.25) is 4.79 Å². The van der Waals surface area contributed by atoms with Crippen LogP contribution in [0.5, 0.6) is 17.2 Å². The van der Waals surface area contributed by atoms with Crippen molar-refractivity contribution < 1.29 is 36.6 Å². The Morgan fingerprint density at radius 3 is 2.48 bits per heavy atom. The Bertz CT molecular complexity index is 1560. The number of esters is 1. The van der Waals surface area contributed by atoms with E-state index in [2.05, 4.69) is 6.58 Å². The fourth-order valence-corrected chi connectivity index (χ4v) is 7.50. The maximum Gasteiger partial charge on any atom is 0.306 e. The van der Waals surface area contributed by atoms with Crippen molar-refractivity contribution >= 4 is 21.4 Å². The fraction of sp³-hybridized carbons (Fsp3) is 0.457. The molecule has 7 nitrogen and oxygen atoms in total. The zero-order valence-corrected chi connectivity index (χ0v) is 27.3. The molecule has 2 aromatic rings. The molecule has 0 bridgehead atoms. The lowest BCUT2D eigenvalue weighted by Crippen LogP contribution is -2.29. The van der Waals surface area contributed by atoms with E-state index in [0.29, 0.717) is 36.7 Å². The van der Waals surface area contributed by atoms with Gasteiger partial charge in [-0.2, -0.15) is 0 Å². The van der Waals surface area contributed by atoms with Gasteiger partial charge in [-0.05, 0) is 79.6 Å². The molecule has 0 fully saturated rings. The molecule has 0 unspecified atom stereocenters. The monoisotopic (exact) mass is 626 g/mol. The molecule has 0 N–H and O–H groups in total. The number of benzene rings is 2. The van der Waals surface area contributed by atoms with Crippen molar-refractivity contribution in [1.29, 1.82) is 0 Å². The van der Waals surface area contributed by atoms with Gasteiger partial charge in [0.1, 0.15) is 39.0 Å². The highest BCUT2D eigenvalue weighted by molar-refractivity contribution is 7.90. The molecule has 1 heterocycles. The van der Waals surface area contributed by atoms with Crippen molar-refractivity contribution in [2.45, 2.75) is 65.4 Å². The molecule has 2 aliphatic rings. The average molecular weight is 627 g/mol. The Labute approximate surface area is 260 Å². The molecule has 0 saturated heterocycles. The van der Waals surface area contributed by atoms with Crippen molar-refractivity contribution in [2.24, 2.45) is 5.41 Å². The first-order valence-electron chi connectivity index (χ1n) is 14.8. The second-order valence-electron chi connectivity index (χ2n) is 12.7. The van der Waals surface area contributed by atoms with Crippen molar-refractivity contribution in [3.05, 3.63) is 82.7 Å². The Morgan fingerprint density at radius 2 is 1.82 bits per heavy atom. The molecule has 1 aliphatic heterocycles. The number of hydrogen-bond donors (Lipinski definition) is 0. The summed E-state index contributed by atoms with van der Waals surface area (Å²) < 4.78 is 61.8. The molecule has 0 saturated carbocycles. The Kier molecular flexibility index (Phi) is 10.3. The highest BCUT2D eigenvalue weighted by Gasteiger charge is 2.29. The van der Waals surface area contributed by atoms with Crippen molar-refractivity contribution in [3.63, 3.8) is 0 Å². The molecular formula is C35H43FO7S. The summed E-state index contributed by atoms with van der Waals surface area (Å²) in [4.78, 5) is 11.7. The van der Waals surface area contributed by atoms with Crippen LogP contribution in [-0.4, -0.2) is 52.8 Å². The molecule has 9 heteroatoms. The summed E-state index contributed by atoms with van der Waals surface area (Å²) in [7, 11) is -1.76. The van der Waals surface area contributed by atoms with Crippen molar-refractivity contribution in [1.82, 2.24) is 0 Å². The van der Waals surface area contributed by atoms with Crippen LogP contribution in [0.4, 0.5) is 4.39 Å². The zero-order chi connectivity index (χ0) is 32.2. The predicted molar refractivity (Wildman–Crippen MR) is 171 cm³/mol. The summed E-state index contributed by atoms with van der Waals surface area (Å²) >= 11 is 0. The number of rotatable bonds is 10. The molecule has 4 rings (SSSR count). The predicted octanol–water partition coefficient (Wildman–Crippen LogP) is 7.22. The number of halogens is 1. The fourth-order valence-electron chi connectivity index (χ4n) is 6.00. The van der Waals surface area contributed by atoms with E-state index in [0.717, 1.165) is 34.2 Å². The number of carbonyl (C=O) groups is 1. The van der Waals surface area contributed by atoms with Crippen LogP contribution in [0.3, 0.4) is 0 Å². The number of carbonyl (C=O) groups excluding carboxylic acids is 1. The van der Waals surface area contributed by atoms with E-state index >= 15 is 4.39 Å². The number of aryl methyl sites for hydroxylation is 2. The van der Waals surface area contributed by atoms with Gasteiger partial charge in [-0.25, -0.2) is 12.8 Å². The van der Waals surface area contributed by atoms with Gasteiger partial charge in [-0.1, -0.05) is 32.6 Å². The third kappa shape index (κ3) is 8.52. The Balaban J connectivity index is 1.45. The van der Waals surface area contributed by atoms with Crippen LogP contribution < -0.4 is 14.2 Å². The summed E-state index contributed by atoms with van der Waals surface area (Å²) in [5.74, 6) is 1.12. The summed E-state index contributed by atoms with van der Waals surface area (Å²) in [5.41, 5.74) is 4.72. The standard InChI is InChI=1S/C35H43FO7S/c1-22-15-28(42-20-35(4,5)21-44(7,38)39)16-23(2)34(22)25-9-8-10-31(24(3)30(36)14-11-25)43-27-12-13-29-26(17-33(37)40-6)19-41-32(29)18-27/h11-16,18,26,31H,3,8-10,17,19-21H2,1-2,4-7H3/b25-11+,30-14+/t26-,31-/m1/s1. The van der Waals surface area contributed by atoms with Crippen LogP contribution in [0.25, 0.3) is 5.57 Å². The Morgan fingerprint density at radius 1 is 1.11 bits per heavy atom. The van der Waals surface area contributed by atoms with E-state index in [-0.39, 0.29) is 36.2 Å². The van der Waals surface area contributed by atoms with Crippen LogP contribution in [0.2, 0.25) is 0 Å². The lowest BCUT2D eigenvalue weighted by Gasteiger charge is -2.24. The second kappa shape index (κ2) is 13.6. The minimum absolute atomic E-state index is 0.0363. The second-order valence-corrected chi connectivity index (χ2v) is 14.8. The minimum atomic E-state index is -3.13. The van der Waals surface area contributed by atoms with Gasteiger partial charge in [0.25, 0.3) is 0 Å². The molecule has 2 aromatic carbocycles. The van der Waals surface area contributed by atoms with E-state index < -0.39 is 27.2 Å². The lowest BCUT2D eigenvalue weighted by molar-refractivity contribution is -0.141. The highest BCUT2D eigenvalue weighted by atomic mass is 32.2. The van der Waals surface area contributed by atoms with Gasteiger partial charge >= 0.3 is 5.97 Å². The normalized spacial score (nSPS) is 21.4. The van der Waals surface area contributed by atoms with Gasteiger partial charge in [-0.15, -0.1) is 0 Å². The SMILES string of the molecule is C=C1/C(F)=C\C=C(\c2c(C)cc(OCC(C)(C)CS(C)(=O)=O)cc2C)CCC[C@H]1Oc1ccc2c(c1)OC[C@H]2CC(=O)OC. The first-order chi connectivity index (χ1) is 20.7. The van der Waals surface area contributed by atoms with Gasteiger partial charge in [0, 0.05) is 34.8 Å². The van der Waals surface area contributed by atoms with E-state index in [9.17, 15) is 13.2 Å². The van der Waals surface area contributed by atoms with E-state index in [1.165, 1.54) is 19.4 Å². The quantitative estimate of drug-likeness (QED) is 0.258. The number of fused-ring (bicyclic) bond motifs is 1. The van der Waals surface area contributed by atoms with Gasteiger partial charge in [0.05, 0.1) is 32.5 Å². The molecule has 0 radical (unpaired) electrons. The minimum Gasteiger partial charge on any atom is -0.493 e. The van der Waals surface area contributed by atoms with Crippen LogP contribution in [0, 0.1) is 19.3 Å². The first-order valence-corrected chi connectivity index (χ1v) is 16.9. The van der Waals surface area contributed by atoms with Crippen LogP contribution in [0.1, 0.15) is 67.7 Å². The topological polar surface area (TPSA) is 88.1 Å². The third-order valence-corrected chi connectivity index (χ3v) is 9.24. The van der Waals surface area contributed by atoms with Crippen molar-refractivity contribution in [2.75, 3.05) is 32.3 Å². The van der Waals surface area contributed by atoms with Crippen LogP contribution in [-0.2, 0) is 19.4 Å². The number of sulfone groups is 1. The molecular weight excluding hydrogens is 583 g/mol. The first kappa shape index (κ1) is 33.3. The van der Waals surface area contributed by atoms with Gasteiger partial charge in [0.15, 0.2) is 0 Å². The molecule has 44 heavy (non-hydrogen) atoms.